The number of nitrogen functional groups attached to an aromatic ring is 1. The standard InChI is InChI=1S/C17H13N3O/c1-10-3-2-4-14(19)16(10)17(21)13-9-20-15-7-11(8-18)5-6-12(13)15/h2-7,9,20H,19H2,1H3. The lowest BCUT2D eigenvalue weighted by atomic mass is 9.97. The van der Waals surface area contributed by atoms with Gasteiger partial charge in [-0.1, -0.05) is 18.2 Å². The van der Waals surface area contributed by atoms with Gasteiger partial charge in [-0.3, -0.25) is 4.79 Å². The van der Waals surface area contributed by atoms with E-state index in [0.717, 1.165) is 16.5 Å². The molecule has 2 aromatic carbocycles. The van der Waals surface area contributed by atoms with Gasteiger partial charge in [-0.05, 0) is 30.7 Å². The van der Waals surface area contributed by atoms with Crippen molar-refractivity contribution in [2.45, 2.75) is 6.92 Å². The van der Waals surface area contributed by atoms with Gasteiger partial charge in [0.15, 0.2) is 5.78 Å². The van der Waals surface area contributed by atoms with Crippen LogP contribution in [0.5, 0.6) is 0 Å². The Labute approximate surface area is 121 Å². The Morgan fingerprint density at radius 1 is 1.29 bits per heavy atom. The summed E-state index contributed by atoms with van der Waals surface area (Å²) in [5.41, 5.74) is 9.69. The van der Waals surface area contributed by atoms with Crippen molar-refractivity contribution in [3.63, 3.8) is 0 Å². The van der Waals surface area contributed by atoms with Gasteiger partial charge in [0, 0.05) is 33.9 Å². The number of nitrogens with two attached hydrogens (primary N) is 1. The van der Waals surface area contributed by atoms with E-state index in [9.17, 15) is 4.79 Å². The molecule has 4 nitrogen and oxygen atoms in total. The lowest BCUT2D eigenvalue weighted by Gasteiger charge is -2.07. The predicted molar refractivity (Wildman–Crippen MR) is 82.0 cm³/mol. The van der Waals surface area contributed by atoms with Crippen molar-refractivity contribution in [3.05, 3.63) is 64.8 Å². The number of benzene rings is 2. The summed E-state index contributed by atoms with van der Waals surface area (Å²) in [5.74, 6) is -0.110. The van der Waals surface area contributed by atoms with E-state index >= 15 is 0 Å². The number of hydrogen-bond acceptors (Lipinski definition) is 3. The summed E-state index contributed by atoms with van der Waals surface area (Å²) in [6.45, 7) is 1.87. The fraction of sp³-hybridized carbons (Fsp3) is 0.0588. The molecule has 0 atom stereocenters. The zero-order valence-corrected chi connectivity index (χ0v) is 11.5. The zero-order valence-electron chi connectivity index (χ0n) is 11.5. The number of ketones is 1. The van der Waals surface area contributed by atoms with Crippen molar-refractivity contribution >= 4 is 22.4 Å². The minimum Gasteiger partial charge on any atom is -0.398 e. The molecule has 0 aliphatic carbocycles. The first-order chi connectivity index (χ1) is 10.1. The molecule has 4 heteroatoms. The van der Waals surface area contributed by atoms with Crippen LogP contribution >= 0.6 is 0 Å². The number of anilines is 1. The topological polar surface area (TPSA) is 82.7 Å². The second-order valence-electron chi connectivity index (χ2n) is 4.94. The van der Waals surface area contributed by atoms with Crippen LogP contribution in [0.3, 0.4) is 0 Å². The third kappa shape index (κ3) is 2.05. The molecule has 0 spiro atoms. The van der Waals surface area contributed by atoms with Crippen LogP contribution in [0.2, 0.25) is 0 Å². The summed E-state index contributed by atoms with van der Waals surface area (Å²) in [6, 6.07) is 12.7. The highest BCUT2D eigenvalue weighted by molar-refractivity contribution is 6.19. The van der Waals surface area contributed by atoms with Crippen LogP contribution < -0.4 is 5.73 Å². The highest BCUT2D eigenvalue weighted by atomic mass is 16.1. The maximum Gasteiger partial charge on any atom is 0.197 e. The zero-order chi connectivity index (χ0) is 15.0. The SMILES string of the molecule is Cc1cccc(N)c1C(=O)c1c[nH]c2cc(C#N)ccc12. The average molecular weight is 275 g/mol. The van der Waals surface area contributed by atoms with Crippen molar-refractivity contribution in [2.24, 2.45) is 0 Å². The van der Waals surface area contributed by atoms with E-state index in [0.29, 0.717) is 22.4 Å². The smallest absolute Gasteiger partial charge is 0.197 e. The van der Waals surface area contributed by atoms with Crippen LogP contribution in [0.15, 0.2) is 42.6 Å². The van der Waals surface area contributed by atoms with Crippen molar-refractivity contribution in [2.75, 3.05) is 5.73 Å². The number of H-pyrrole nitrogens is 1. The molecule has 3 N–H and O–H groups in total. The lowest BCUT2D eigenvalue weighted by Crippen LogP contribution is -2.07. The molecule has 21 heavy (non-hydrogen) atoms. The number of fused-ring (bicyclic) bond motifs is 1. The number of nitrogens with one attached hydrogen (secondary N) is 1. The fourth-order valence-corrected chi connectivity index (χ4v) is 2.52. The molecule has 102 valence electrons. The van der Waals surface area contributed by atoms with Crippen LogP contribution in [0.4, 0.5) is 5.69 Å². The van der Waals surface area contributed by atoms with Crippen molar-refractivity contribution < 1.29 is 4.79 Å². The molecule has 0 saturated heterocycles. The molecule has 0 bridgehead atoms. The van der Waals surface area contributed by atoms with Crippen molar-refractivity contribution in [3.8, 4) is 6.07 Å². The normalized spacial score (nSPS) is 10.5. The lowest BCUT2D eigenvalue weighted by molar-refractivity contribution is 0.104. The molecule has 0 saturated carbocycles. The molecule has 0 amide bonds. The molecule has 1 heterocycles. The third-order valence-corrected chi connectivity index (χ3v) is 3.59. The van der Waals surface area contributed by atoms with Crippen molar-refractivity contribution in [1.82, 2.24) is 4.98 Å². The van der Waals surface area contributed by atoms with Gasteiger partial charge in [-0.2, -0.15) is 5.26 Å². The minimum absolute atomic E-state index is 0.110. The van der Waals surface area contributed by atoms with Crippen LogP contribution in [-0.2, 0) is 0 Å². The van der Waals surface area contributed by atoms with E-state index in [-0.39, 0.29) is 5.78 Å². The van der Waals surface area contributed by atoms with E-state index in [1.54, 1.807) is 30.5 Å². The van der Waals surface area contributed by atoms with Gasteiger partial charge < -0.3 is 10.7 Å². The van der Waals surface area contributed by atoms with Gasteiger partial charge in [0.05, 0.1) is 11.6 Å². The first kappa shape index (κ1) is 12.9. The van der Waals surface area contributed by atoms with Gasteiger partial charge >= 0.3 is 0 Å². The molecule has 0 radical (unpaired) electrons. The monoisotopic (exact) mass is 275 g/mol. The third-order valence-electron chi connectivity index (χ3n) is 3.59. The molecule has 3 rings (SSSR count). The number of nitrogens with zero attached hydrogens (tertiary/aromatic N) is 1. The number of aromatic amines is 1. The Kier molecular flexibility index (Phi) is 2.96. The molecule has 3 aromatic rings. The Morgan fingerprint density at radius 2 is 2.10 bits per heavy atom. The summed E-state index contributed by atoms with van der Waals surface area (Å²) in [7, 11) is 0. The van der Waals surface area contributed by atoms with E-state index in [2.05, 4.69) is 11.1 Å². The average Bonchev–Trinajstić information content (AvgIpc) is 2.89. The number of aromatic nitrogens is 1. The quantitative estimate of drug-likeness (QED) is 0.556. The number of aryl methyl sites for hydroxylation is 1. The molecular formula is C17H13N3O. The van der Waals surface area contributed by atoms with Crippen LogP contribution in [0.25, 0.3) is 10.9 Å². The van der Waals surface area contributed by atoms with Gasteiger partial charge in [-0.15, -0.1) is 0 Å². The van der Waals surface area contributed by atoms with Crippen LogP contribution in [0, 0.1) is 18.3 Å². The Bertz CT molecular complexity index is 880. The highest BCUT2D eigenvalue weighted by Gasteiger charge is 2.18. The Hall–Kier alpha value is -3.06. The number of carbonyl (C=O) groups excluding carboxylic acids is 1. The molecule has 0 aliphatic rings. The molecule has 0 aliphatic heterocycles. The minimum atomic E-state index is -0.110. The van der Waals surface area contributed by atoms with Gasteiger partial charge in [0.25, 0.3) is 0 Å². The van der Waals surface area contributed by atoms with Gasteiger partial charge in [0.1, 0.15) is 0 Å². The molecule has 0 fully saturated rings. The summed E-state index contributed by atoms with van der Waals surface area (Å²) in [5, 5.41) is 9.71. The first-order valence-electron chi connectivity index (χ1n) is 6.53. The van der Waals surface area contributed by atoms with E-state index in [1.807, 2.05) is 19.1 Å². The second-order valence-corrected chi connectivity index (χ2v) is 4.94. The molecule has 0 unspecified atom stereocenters. The fourth-order valence-electron chi connectivity index (χ4n) is 2.52. The number of hydrogen-bond donors (Lipinski definition) is 2. The Balaban J connectivity index is 2.17. The maximum atomic E-state index is 12.8. The molecule has 1 aromatic heterocycles. The maximum absolute atomic E-state index is 12.8. The number of carbonyl (C=O) groups is 1. The summed E-state index contributed by atoms with van der Waals surface area (Å²) >= 11 is 0. The largest absolute Gasteiger partial charge is 0.398 e. The van der Waals surface area contributed by atoms with Crippen LogP contribution in [-0.4, -0.2) is 10.8 Å². The van der Waals surface area contributed by atoms with E-state index < -0.39 is 0 Å². The van der Waals surface area contributed by atoms with Crippen LogP contribution in [0.1, 0.15) is 27.0 Å². The van der Waals surface area contributed by atoms with Gasteiger partial charge in [0.2, 0.25) is 0 Å². The van der Waals surface area contributed by atoms with E-state index in [1.165, 1.54) is 0 Å². The summed E-state index contributed by atoms with van der Waals surface area (Å²) in [4.78, 5) is 15.8. The Morgan fingerprint density at radius 3 is 2.81 bits per heavy atom. The number of nitriles is 1. The number of rotatable bonds is 2. The van der Waals surface area contributed by atoms with Crippen molar-refractivity contribution in [1.29, 1.82) is 5.26 Å². The van der Waals surface area contributed by atoms with Gasteiger partial charge in [-0.25, -0.2) is 0 Å². The highest BCUT2D eigenvalue weighted by Crippen LogP contribution is 2.26. The first-order valence-corrected chi connectivity index (χ1v) is 6.53. The summed E-state index contributed by atoms with van der Waals surface area (Å²) in [6.07, 6.45) is 1.67. The predicted octanol–water partition coefficient (Wildman–Crippen LogP) is 3.16. The summed E-state index contributed by atoms with van der Waals surface area (Å²) < 4.78 is 0. The second kappa shape index (κ2) is 4.80. The van der Waals surface area contributed by atoms with E-state index in [4.69, 9.17) is 11.0 Å². The molecular weight excluding hydrogens is 262 g/mol.